The number of amides is 2. The molecule has 1 heterocycles. The molecule has 1 aromatic carbocycles. The zero-order chi connectivity index (χ0) is 17.5. The van der Waals surface area contributed by atoms with Crippen molar-refractivity contribution in [1.82, 2.24) is 5.43 Å². The van der Waals surface area contributed by atoms with Crippen molar-refractivity contribution >= 4 is 28.9 Å². The normalized spacial score (nSPS) is 11.2. The Morgan fingerprint density at radius 3 is 2.54 bits per heavy atom. The van der Waals surface area contributed by atoms with Crippen molar-refractivity contribution in [3.63, 3.8) is 0 Å². The number of carbonyl (C=O) groups excluding carboxylic acids is 2. The van der Waals surface area contributed by atoms with Crippen LogP contribution >= 0.6 is 11.3 Å². The third kappa shape index (κ3) is 4.92. The lowest BCUT2D eigenvalue weighted by Crippen LogP contribution is -2.20. The van der Waals surface area contributed by atoms with Gasteiger partial charge in [-0.25, -0.2) is 5.43 Å². The zero-order valence-electron chi connectivity index (χ0n) is 13.5. The summed E-state index contributed by atoms with van der Waals surface area (Å²) in [5.74, 6) is -0.217. The Bertz CT molecular complexity index is 751. The minimum atomic E-state index is -0.529. The first-order chi connectivity index (χ1) is 11.5. The van der Waals surface area contributed by atoms with Gasteiger partial charge in [0.15, 0.2) is 6.61 Å². The molecule has 0 bridgehead atoms. The summed E-state index contributed by atoms with van der Waals surface area (Å²) in [5.41, 5.74) is 9.69. The lowest BCUT2D eigenvalue weighted by atomic mass is 10.1. The molecule has 0 aliphatic rings. The maximum atomic E-state index is 12.0. The zero-order valence-corrected chi connectivity index (χ0v) is 14.4. The molecule has 126 valence electrons. The van der Waals surface area contributed by atoms with E-state index in [9.17, 15) is 9.59 Å². The van der Waals surface area contributed by atoms with Gasteiger partial charge in [0.1, 0.15) is 5.75 Å². The lowest BCUT2D eigenvalue weighted by Gasteiger charge is -2.05. The Kier molecular flexibility index (Phi) is 6.08. The van der Waals surface area contributed by atoms with Crippen LogP contribution in [-0.4, -0.2) is 24.1 Å². The molecule has 0 atom stereocenters. The molecule has 0 radical (unpaired) electrons. The van der Waals surface area contributed by atoms with Crippen LogP contribution in [0.2, 0.25) is 0 Å². The van der Waals surface area contributed by atoms with Gasteiger partial charge in [0.05, 0.1) is 11.3 Å². The molecule has 2 amide bonds. The molecule has 0 saturated carbocycles. The molecule has 7 heteroatoms. The van der Waals surface area contributed by atoms with Crippen LogP contribution in [0.4, 0.5) is 0 Å². The first kappa shape index (κ1) is 17.7. The van der Waals surface area contributed by atoms with Crippen molar-refractivity contribution in [1.29, 1.82) is 0 Å². The SMILES string of the molecule is CCc1cc(C(=O)N/N=C(\C)c2ccc(OCC(N)=O)cc2)cs1. The number of thiophene rings is 1. The Balaban J connectivity index is 1.97. The number of aryl methyl sites for hydroxylation is 1. The number of primary amides is 1. The molecule has 6 nitrogen and oxygen atoms in total. The second kappa shape index (κ2) is 8.26. The highest BCUT2D eigenvalue weighted by atomic mass is 32.1. The first-order valence-corrected chi connectivity index (χ1v) is 8.31. The Labute approximate surface area is 144 Å². The van der Waals surface area contributed by atoms with Crippen LogP contribution in [0.1, 0.15) is 34.6 Å². The van der Waals surface area contributed by atoms with E-state index in [1.807, 2.05) is 18.4 Å². The summed E-state index contributed by atoms with van der Waals surface area (Å²) in [7, 11) is 0. The quantitative estimate of drug-likeness (QED) is 0.596. The molecular formula is C17H19N3O3S. The average Bonchev–Trinajstić information content (AvgIpc) is 3.07. The minimum Gasteiger partial charge on any atom is -0.484 e. The van der Waals surface area contributed by atoms with E-state index in [4.69, 9.17) is 10.5 Å². The fraction of sp³-hybridized carbons (Fsp3) is 0.235. The fourth-order valence-corrected chi connectivity index (χ4v) is 2.71. The van der Waals surface area contributed by atoms with E-state index in [2.05, 4.69) is 10.5 Å². The van der Waals surface area contributed by atoms with Crippen LogP contribution in [0.3, 0.4) is 0 Å². The minimum absolute atomic E-state index is 0.164. The van der Waals surface area contributed by atoms with Crippen molar-refractivity contribution in [3.8, 4) is 5.75 Å². The van der Waals surface area contributed by atoms with Gasteiger partial charge in [-0.05, 0) is 49.2 Å². The van der Waals surface area contributed by atoms with E-state index in [1.54, 1.807) is 42.5 Å². The maximum absolute atomic E-state index is 12.0. The summed E-state index contributed by atoms with van der Waals surface area (Å²) in [5, 5.41) is 5.94. The smallest absolute Gasteiger partial charge is 0.272 e. The third-order valence-electron chi connectivity index (χ3n) is 3.24. The molecule has 0 aliphatic heterocycles. The van der Waals surface area contributed by atoms with Crippen LogP contribution in [0.5, 0.6) is 5.75 Å². The van der Waals surface area contributed by atoms with Gasteiger partial charge in [0.2, 0.25) is 0 Å². The highest BCUT2D eigenvalue weighted by molar-refractivity contribution is 7.10. The van der Waals surface area contributed by atoms with Crippen molar-refractivity contribution in [2.75, 3.05) is 6.61 Å². The molecular weight excluding hydrogens is 326 g/mol. The molecule has 2 rings (SSSR count). The number of hydrogen-bond donors (Lipinski definition) is 2. The van der Waals surface area contributed by atoms with Gasteiger partial charge < -0.3 is 10.5 Å². The monoisotopic (exact) mass is 345 g/mol. The van der Waals surface area contributed by atoms with Crippen molar-refractivity contribution in [3.05, 3.63) is 51.7 Å². The molecule has 2 aromatic rings. The van der Waals surface area contributed by atoms with Gasteiger partial charge in [0.25, 0.3) is 11.8 Å². The third-order valence-corrected chi connectivity index (χ3v) is 4.32. The van der Waals surface area contributed by atoms with Gasteiger partial charge in [-0.1, -0.05) is 6.92 Å². The summed E-state index contributed by atoms with van der Waals surface area (Å²) >= 11 is 1.56. The van der Waals surface area contributed by atoms with Gasteiger partial charge >= 0.3 is 0 Å². The highest BCUT2D eigenvalue weighted by Gasteiger charge is 2.08. The summed E-state index contributed by atoms with van der Waals surface area (Å²) in [6.07, 6.45) is 0.907. The lowest BCUT2D eigenvalue weighted by molar-refractivity contribution is -0.119. The topological polar surface area (TPSA) is 93.8 Å². The van der Waals surface area contributed by atoms with E-state index in [1.165, 1.54) is 0 Å². The fourth-order valence-electron chi connectivity index (χ4n) is 1.90. The second-order valence-electron chi connectivity index (χ2n) is 5.07. The Morgan fingerprint density at radius 1 is 1.25 bits per heavy atom. The number of benzene rings is 1. The number of carbonyl (C=O) groups is 2. The van der Waals surface area contributed by atoms with E-state index in [-0.39, 0.29) is 12.5 Å². The van der Waals surface area contributed by atoms with Crippen LogP contribution < -0.4 is 15.9 Å². The second-order valence-corrected chi connectivity index (χ2v) is 6.07. The largest absolute Gasteiger partial charge is 0.484 e. The van der Waals surface area contributed by atoms with Crippen molar-refractivity contribution < 1.29 is 14.3 Å². The van der Waals surface area contributed by atoms with E-state index in [0.29, 0.717) is 17.0 Å². The summed E-state index contributed by atoms with van der Waals surface area (Å²) in [4.78, 5) is 23.9. The van der Waals surface area contributed by atoms with Crippen LogP contribution in [0.15, 0.2) is 40.8 Å². The number of nitrogens with two attached hydrogens (primary N) is 1. The average molecular weight is 345 g/mol. The van der Waals surface area contributed by atoms with Crippen molar-refractivity contribution in [2.45, 2.75) is 20.3 Å². The van der Waals surface area contributed by atoms with Crippen LogP contribution in [0.25, 0.3) is 0 Å². The number of nitrogens with one attached hydrogen (secondary N) is 1. The number of hydrazone groups is 1. The van der Waals surface area contributed by atoms with Gasteiger partial charge in [0, 0.05) is 10.3 Å². The standard InChI is InChI=1S/C17H19N3O3S/c1-3-15-8-13(10-24-15)17(22)20-19-11(2)12-4-6-14(7-5-12)23-9-16(18)21/h4-8,10H,3,9H2,1-2H3,(H2,18,21)(H,20,22)/b19-11+. The molecule has 1 aromatic heterocycles. The van der Waals surface area contributed by atoms with Gasteiger partial charge in [-0.15, -0.1) is 11.3 Å². The number of ether oxygens (including phenoxy) is 1. The number of nitrogens with zero attached hydrogens (tertiary/aromatic N) is 1. The van der Waals surface area contributed by atoms with Gasteiger partial charge in [-0.3, -0.25) is 9.59 Å². The molecule has 24 heavy (non-hydrogen) atoms. The molecule has 0 unspecified atom stereocenters. The number of rotatable bonds is 7. The predicted molar refractivity (Wildman–Crippen MR) is 94.5 cm³/mol. The molecule has 0 aliphatic carbocycles. The molecule has 0 saturated heterocycles. The first-order valence-electron chi connectivity index (χ1n) is 7.43. The van der Waals surface area contributed by atoms with Crippen LogP contribution in [-0.2, 0) is 11.2 Å². The Morgan fingerprint density at radius 2 is 1.96 bits per heavy atom. The molecule has 3 N–H and O–H groups in total. The summed E-state index contributed by atoms with van der Waals surface area (Å²) in [6.45, 7) is 3.68. The number of hydrogen-bond acceptors (Lipinski definition) is 5. The summed E-state index contributed by atoms with van der Waals surface area (Å²) < 4.78 is 5.19. The predicted octanol–water partition coefficient (Wildman–Crippen LogP) is 2.33. The van der Waals surface area contributed by atoms with E-state index < -0.39 is 5.91 Å². The molecule has 0 spiro atoms. The van der Waals surface area contributed by atoms with Crippen molar-refractivity contribution in [2.24, 2.45) is 10.8 Å². The van der Waals surface area contributed by atoms with E-state index >= 15 is 0 Å². The van der Waals surface area contributed by atoms with Gasteiger partial charge in [-0.2, -0.15) is 5.10 Å². The van der Waals surface area contributed by atoms with Crippen LogP contribution in [0, 0.1) is 0 Å². The maximum Gasteiger partial charge on any atom is 0.272 e. The Hall–Kier alpha value is -2.67. The summed E-state index contributed by atoms with van der Waals surface area (Å²) in [6, 6.07) is 8.88. The molecule has 0 fully saturated rings. The van der Waals surface area contributed by atoms with E-state index in [0.717, 1.165) is 16.9 Å². The highest BCUT2D eigenvalue weighted by Crippen LogP contribution is 2.15.